The van der Waals surface area contributed by atoms with Crippen LogP contribution in [0.4, 0.5) is 0 Å². The molecule has 0 aliphatic heterocycles. The van der Waals surface area contributed by atoms with E-state index in [0.29, 0.717) is 15.0 Å². The van der Waals surface area contributed by atoms with Crippen LogP contribution in [0, 0.1) is 10.5 Å². The summed E-state index contributed by atoms with van der Waals surface area (Å²) in [6.45, 7) is 1.61. The summed E-state index contributed by atoms with van der Waals surface area (Å²) in [5, 5.41) is 26.8. The Morgan fingerprint density at radius 1 is 1.48 bits per heavy atom. The number of carboxylic acids is 1. The Morgan fingerprint density at radius 2 is 2.19 bits per heavy atom. The molecule has 2 N–H and O–H groups in total. The number of aliphatic carboxylic acids is 1. The van der Waals surface area contributed by atoms with Crippen LogP contribution < -0.4 is 0 Å². The first-order valence-corrected chi connectivity index (χ1v) is 8.16. The van der Waals surface area contributed by atoms with E-state index in [9.17, 15) is 15.0 Å². The van der Waals surface area contributed by atoms with Crippen LogP contribution in [0.3, 0.4) is 0 Å². The Kier molecular flexibility index (Phi) is 5.27. The molecule has 0 saturated heterocycles. The molecule has 0 atom stereocenters. The van der Waals surface area contributed by atoms with Gasteiger partial charge in [0.25, 0.3) is 5.22 Å². The summed E-state index contributed by atoms with van der Waals surface area (Å²) in [6.07, 6.45) is 1.36. The van der Waals surface area contributed by atoms with Crippen molar-refractivity contribution in [1.29, 1.82) is 0 Å². The number of aryl methyl sites for hydroxylation is 1. The second-order valence-corrected chi connectivity index (χ2v) is 6.90. The van der Waals surface area contributed by atoms with Gasteiger partial charge >= 0.3 is 5.97 Å². The van der Waals surface area contributed by atoms with Crippen molar-refractivity contribution in [2.45, 2.75) is 12.1 Å². The highest BCUT2D eigenvalue weighted by Gasteiger charge is 2.16. The Bertz CT molecular complexity index is 732. The highest BCUT2D eigenvalue weighted by atomic mass is 127. The van der Waals surface area contributed by atoms with E-state index in [-0.39, 0.29) is 15.9 Å². The molecule has 0 radical (unpaired) electrons. The number of aromatic hydroxyl groups is 1. The summed E-state index contributed by atoms with van der Waals surface area (Å²) >= 11 is 6.09. The third kappa shape index (κ3) is 4.20. The van der Waals surface area contributed by atoms with E-state index in [4.69, 9.17) is 4.42 Å². The fourth-order valence-corrected chi connectivity index (χ4v) is 3.64. The number of phenolic OH excluding ortho intramolecular Hbond substituents is 1. The third-order valence-corrected chi connectivity index (χ3v) is 4.39. The number of carbonyl (C=O) groups is 1. The van der Waals surface area contributed by atoms with Crippen LogP contribution in [0.2, 0.25) is 0 Å². The van der Waals surface area contributed by atoms with E-state index in [1.54, 1.807) is 19.1 Å². The third-order valence-electron chi connectivity index (χ3n) is 2.26. The number of thioether (sulfide) groups is 1. The number of hydrogen-bond donors (Lipinski definition) is 2. The minimum Gasteiger partial charge on any atom is -0.506 e. The normalized spacial score (nSPS) is 11.7. The van der Waals surface area contributed by atoms with Crippen molar-refractivity contribution >= 4 is 62.3 Å². The average molecular weight is 483 g/mol. The molecular weight excluding hydrogens is 475 g/mol. The molecular formula is C12H8BrIN2O4S. The van der Waals surface area contributed by atoms with Crippen LogP contribution in [-0.2, 0) is 4.79 Å². The second-order valence-electron chi connectivity index (χ2n) is 3.83. The molecule has 0 aliphatic carbocycles. The summed E-state index contributed by atoms with van der Waals surface area (Å²) in [7, 11) is 0. The van der Waals surface area contributed by atoms with Gasteiger partial charge < -0.3 is 14.6 Å². The van der Waals surface area contributed by atoms with Gasteiger partial charge in [0.15, 0.2) is 0 Å². The van der Waals surface area contributed by atoms with Crippen LogP contribution in [-0.4, -0.2) is 26.4 Å². The van der Waals surface area contributed by atoms with E-state index in [1.165, 1.54) is 6.08 Å². The van der Waals surface area contributed by atoms with E-state index >= 15 is 0 Å². The topological polar surface area (TPSA) is 96.5 Å². The van der Waals surface area contributed by atoms with Crippen molar-refractivity contribution in [3.63, 3.8) is 0 Å². The number of benzene rings is 1. The molecule has 0 bridgehead atoms. The summed E-state index contributed by atoms with van der Waals surface area (Å²) in [6, 6.07) is 3.35. The van der Waals surface area contributed by atoms with Gasteiger partial charge in [0.2, 0.25) is 5.89 Å². The summed E-state index contributed by atoms with van der Waals surface area (Å²) in [5.41, 5.74) is 0.384. The number of rotatable bonds is 4. The van der Waals surface area contributed by atoms with Crippen LogP contribution in [0.25, 0.3) is 6.08 Å². The first-order chi connectivity index (χ1) is 9.86. The fraction of sp³-hybridized carbons (Fsp3) is 0.0833. The van der Waals surface area contributed by atoms with Crippen molar-refractivity contribution in [1.82, 2.24) is 10.2 Å². The number of phenols is 1. The largest absolute Gasteiger partial charge is 0.506 e. The van der Waals surface area contributed by atoms with Gasteiger partial charge in [-0.15, -0.1) is 10.2 Å². The van der Waals surface area contributed by atoms with Crippen LogP contribution in [0.15, 0.2) is 31.2 Å². The molecule has 1 aromatic carbocycles. The number of nitrogens with zero attached hydrogens (tertiary/aromatic N) is 2. The maximum absolute atomic E-state index is 11.3. The summed E-state index contributed by atoms with van der Waals surface area (Å²) in [4.78, 5) is 11.3. The van der Waals surface area contributed by atoms with Gasteiger partial charge in [0.05, 0.1) is 3.57 Å². The Balaban J connectivity index is 2.40. The van der Waals surface area contributed by atoms with Gasteiger partial charge in [-0.25, -0.2) is 4.79 Å². The minimum atomic E-state index is -1.15. The molecule has 0 unspecified atom stereocenters. The maximum atomic E-state index is 11.3. The SMILES string of the molecule is Cc1nnc(S/C(=C\c2cc(Br)cc(I)c2O)C(=O)O)o1. The predicted octanol–water partition coefficient (Wildman–Crippen LogP) is 3.67. The molecule has 2 aromatic rings. The Morgan fingerprint density at radius 3 is 2.76 bits per heavy atom. The zero-order valence-electron chi connectivity index (χ0n) is 10.5. The lowest BCUT2D eigenvalue weighted by Gasteiger charge is -2.05. The smallest absolute Gasteiger partial charge is 0.342 e. The lowest BCUT2D eigenvalue weighted by atomic mass is 10.2. The Hall–Kier alpha value is -1.07. The minimum absolute atomic E-state index is 0.0138. The molecule has 2 rings (SSSR count). The quantitative estimate of drug-likeness (QED) is 0.390. The second kappa shape index (κ2) is 6.79. The number of halogens is 2. The van der Waals surface area contributed by atoms with Gasteiger partial charge in [-0.3, -0.25) is 0 Å². The molecule has 0 amide bonds. The van der Waals surface area contributed by atoms with E-state index in [1.807, 2.05) is 22.6 Å². The van der Waals surface area contributed by atoms with Gasteiger partial charge in [0, 0.05) is 17.0 Å². The van der Waals surface area contributed by atoms with Crippen molar-refractivity contribution in [2.75, 3.05) is 0 Å². The van der Waals surface area contributed by atoms with Crippen molar-refractivity contribution in [3.05, 3.63) is 36.5 Å². The number of aromatic nitrogens is 2. The highest BCUT2D eigenvalue weighted by Crippen LogP contribution is 2.33. The van der Waals surface area contributed by atoms with Gasteiger partial charge in [-0.1, -0.05) is 15.9 Å². The first kappa shape index (κ1) is 16.3. The van der Waals surface area contributed by atoms with Crippen LogP contribution in [0.5, 0.6) is 5.75 Å². The summed E-state index contributed by atoms with van der Waals surface area (Å²) < 4.78 is 6.49. The van der Waals surface area contributed by atoms with E-state index < -0.39 is 5.97 Å². The lowest BCUT2D eigenvalue weighted by molar-refractivity contribution is -0.131. The zero-order chi connectivity index (χ0) is 15.6. The summed E-state index contributed by atoms with van der Waals surface area (Å²) in [5.74, 6) is -0.785. The Labute approximate surface area is 145 Å². The molecule has 1 aromatic heterocycles. The molecule has 110 valence electrons. The van der Waals surface area contributed by atoms with Crippen LogP contribution >= 0.6 is 50.3 Å². The van der Waals surface area contributed by atoms with Gasteiger partial charge in [0.1, 0.15) is 10.7 Å². The predicted molar refractivity (Wildman–Crippen MR) is 89.0 cm³/mol. The maximum Gasteiger partial charge on any atom is 0.342 e. The molecule has 21 heavy (non-hydrogen) atoms. The number of hydrogen-bond acceptors (Lipinski definition) is 6. The van der Waals surface area contributed by atoms with E-state index in [0.717, 1.165) is 16.2 Å². The molecule has 0 aliphatic rings. The van der Waals surface area contributed by atoms with E-state index in [2.05, 4.69) is 26.1 Å². The van der Waals surface area contributed by atoms with Gasteiger partial charge in [-0.2, -0.15) is 0 Å². The lowest BCUT2D eigenvalue weighted by Crippen LogP contribution is -1.97. The fourth-order valence-electron chi connectivity index (χ4n) is 1.39. The molecule has 6 nitrogen and oxygen atoms in total. The first-order valence-electron chi connectivity index (χ1n) is 5.48. The molecule has 1 heterocycles. The molecule has 9 heteroatoms. The van der Waals surface area contributed by atoms with Gasteiger partial charge in [-0.05, 0) is 52.6 Å². The van der Waals surface area contributed by atoms with Crippen molar-refractivity contribution in [2.24, 2.45) is 0 Å². The van der Waals surface area contributed by atoms with Crippen molar-refractivity contribution in [3.8, 4) is 5.75 Å². The molecule has 0 fully saturated rings. The van der Waals surface area contributed by atoms with Crippen LogP contribution in [0.1, 0.15) is 11.5 Å². The monoisotopic (exact) mass is 482 g/mol. The highest BCUT2D eigenvalue weighted by molar-refractivity contribution is 14.1. The number of carboxylic acid groups (broad SMARTS) is 1. The molecule has 0 saturated carbocycles. The standard InChI is InChI=1S/C12H8BrIN2O4S/c1-5-15-16-12(20-5)21-9(11(18)19)3-6-2-7(13)4-8(14)10(6)17/h2-4,17H,1H3,(H,18,19)/b9-3-. The average Bonchev–Trinajstić information content (AvgIpc) is 2.79. The zero-order valence-corrected chi connectivity index (χ0v) is 15.1. The molecule has 0 spiro atoms. The van der Waals surface area contributed by atoms with Crippen molar-refractivity contribution < 1.29 is 19.4 Å².